The summed E-state index contributed by atoms with van der Waals surface area (Å²) in [5.41, 5.74) is 0. The van der Waals surface area contributed by atoms with Gasteiger partial charge < -0.3 is 4.74 Å². The van der Waals surface area contributed by atoms with Crippen molar-refractivity contribution >= 4 is 20.2 Å². The smallest absolute Gasteiger partial charge is 0.281 e. The van der Waals surface area contributed by atoms with E-state index in [4.69, 9.17) is 4.74 Å². The van der Waals surface area contributed by atoms with Gasteiger partial charge in [0.05, 0.1) is 19.0 Å². The minimum atomic E-state index is -3.48. The average molecular weight is 327 g/mol. The van der Waals surface area contributed by atoms with Crippen molar-refractivity contribution in [1.29, 1.82) is 0 Å². The zero-order valence-electron chi connectivity index (χ0n) is 11.9. The summed E-state index contributed by atoms with van der Waals surface area (Å²) in [6, 6.07) is 0. The molecule has 2 heterocycles. The van der Waals surface area contributed by atoms with E-state index in [1.807, 2.05) is 0 Å². The Morgan fingerprint density at radius 1 is 1.05 bits per heavy atom. The topological polar surface area (TPSA) is 87.2 Å². The average Bonchev–Trinajstić information content (AvgIpc) is 2.60. The molecule has 2 fully saturated rings. The molecule has 2 saturated heterocycles. The van der Waals surface area contributed by atoms with E-state index < -0.39 is 20.2 Å². The number of sulfonamides is 1. The molecule has 0 aromatic rings. The van der Waals surface area contributed by atoms with E-state index in [0.717, 1.165) is 10.6 Å². The molecule has 0 bridgehead atoms. The number of ether oxygens (including phenoxy) is 1. The molecule has 118 valence electrons. The Hall–Kier alpha value is -0.260. The zero-order chi connectivity index (χ0) is 15.1. The number of nitrogens with zero attached hydrogens (tertiary/aromatic N) is 3. The summed E-state index contributed by atoms with van der Waals surface area (Å²) in [4.78, 5) is 0. The van der Waals surface area contributed by atoms with E-state index >= 15 is 0 Å². The van der Waals surface area contributed by atoms with E-state index in [-0.39, 0.29) is 25.1 Å². The van der Waals surface area contributed by atoms with Gasteiger partial charge in [0, 0.05) is 46.2 Å². The van der Waals surface area contributed by atoms with Gasteiger partial charge in [-0.15, -0.1) is 0 Å². The zero-order valence-corrected chi connectivity index (χ0v) is 13.5. The molecular formula is C10H21N3O5S2. The fourth-order valence-corrected chi connectivity index (χ4v) is 4.59. The summed E-state index contributed by atoms with van der Waals surface area (Å²) >= 11 is 0. The van der Waals surface area contributed by atoms with E-state index in [1.54, 1.807) is 0 Å². The van der Waals surface area contributed by atoms with Gasteiger partial charge in [0.2, 0.25) is 10.0 Å². The number of fused-ring (bicyclic) bond motifs is 1. The standard InChI is InChI=1S/C10H21N3O5S2/c1-11(2)20(16,17)13-7-9-6-12(19(3,14)15)4-5-18-10(9)8-13/h9-10H,4-8H2,1-3H3/t9-,10+/m1/s1. The third-order valence-electron chi connectivity index (χ3n) is 3.72. The summed E-state index contributed by atoms with van der Waals surface area (Å²) in [6.07, 6.45) is 0.924. The van der Waals surface area contributed by atoms with Crippen LogP contribution < -0.4 is 0 Å². The lowest BCUT2D eigenvalue weighted by molar-refractivity contribution is 0.0551. The quantitative estimate of drug-likeness (QED) is 0.622. The minimum absolute atomic E-state index is 0.123. The Balaban J connectivity index is 2.15. The molecule has 0 aromatic carbocycles. The first-order chi connectivity index (χ1) is 9.12. The highest BCUT2D eigenvalue weighted by Gasteiger charge is 2.43. The molecule has 2 atom stereocenters. The van der Waals surface area contributed by atoms with Gasteiger partial charge in [-0.25, -0.2) is 8.42 Å². The highest BCUT2D eigenvalue weighted by Crippen LogP contribution is 2.27. The van der Waals surface area contributed by atoms with Crippen LogP contribution in [0.4, 0.5) is 0 Å². The second-order valence-electron chi connectivity index (χ2n) is 5.40. The van der Waals surface area contributed by atoms with Gasteiger partial charge >= 0.3 is 0 Å². The Kier molecular flexibility index (Phi) is 4.43. The maximum Gasteiger partial charge on any atom is 0.281 e. The van der Waals surface area contributed by atoms with Gasteiger partial charge in [-0.1, -0.05) is 0 Å². The van der Waals surface area contributed by atoms with Crippen LogP contribution in [0.2, 0.25) is 0 Å². The predicted octanol–water partition coefficient (Wildman–Crippen LogP) is -1.61. The number of rotatable bonds is 3. The monoisotopic (exact) mass is 327 g/mol. The summed E-state index contributed by atoms with van der Waals surface area (Å²) in [6.45, 7) is 1.50. The van der Waals surface area contributed by atoms with Crippen LogP contribution in [-0.4, -0.2) is 89.0 Å². The van der Waals surface area contributed by atoms with E-state index in [1.165, 1.54) is 22.7 Å². The molecule has 2 aliphatic rings. The summed E-state index contributed by atoms with van der Waals surface area (Å²) in [7, 11) is -3.80. The highest BCUT2D eigenvalue weighted by molar-refractivity contribution is 7.88. The first-order valence-corrected chi connectivity index (χ1v) is 9.61. The summed E-state index contributed by atoms with van der Waals surface area (Å²) in [5.74, 6) is -0.123. The molecular weight excluding hydrogens is 306 g/mol. The van der Waals surface area contributed by atoms with Crippen LogP contribution >= 0.6 is 0 Å². The highest BCUT2D eigenvalue weighted by atomic mass is 32.2. The fourth-order valence-electron chi connectivity index (χ4n) is 2.55. The Bertz CT molecular complexity index is 559. The summed E-state index contributed by atoms with van der Waals surface area (Å²) < 4.78 is 57.0. The first-order valence-electron chi connectivity index (χ1n) is 6.36. The van der Waals surface area contributed by atoms with Crippen LogP contribution in [0.1, 0.15) is 0 Å². The molecule has 2 rings (SSSR count). The van der Waals surface area contributed by atoms with Crippen LogP contribution in [0.5, 0.6) is 0 Å². The molecule has 10 heteroatoms. The van der Waals surface area contributed by atoms with Gasteiger partial charge in [-0.2, -0.15) is 21.3 Å². The molecule has 0 spiro atoms. The van der Waals surface area contributed by atoms with Gasteiger partial charge in [0.1, 0.15) is 0 Å². The Labute approximate surface area is 120 Å². The van der Waals surface area contributed by atoms with Crippen molar-refractivity contribution in [3.8, 4) is 0 Å². The second-order valence-corrected chi connectivity index (χ2v) is 9.52. The molecule has 0 aromatic heterocycles. The third kappa shape index (κ3) is 3.15. The predicted molar refractivity (Wildman–Crippen MR) is 73.8 cm³/mol. The third-order valence-corrected chi connectivity index (χ3v) is 6.86. The molecule has 8 nitrogen and oxygen atoms in total. The van der Waals surface area contributed by atoms with Gasteiger partial charge in [0.25, 0.3) is 10.2 Å². The van der Waals surface area contributed by atoms with Crippen molar-refractivity contribution in [2.45, 2.75) is 6.10 Å². The van der Waals surface area contributed by atoms with Crippen molar-refractivity contribution < 1.29 is 21.6 Å². The van der Waals surface area contributed by atoms with Crippen LogP contribution in [0.3, 0.4) is 0 Å². The van der Waals surface area contributed by atoms with Crippen molar-refractivity contribution in [1.82, 2.24) is 12.9 Å². The summed E-state index contributed by atoms with van der Waals surface area (Å²) in [5, 5.41) is 0. The van der Waals surface area contributed by atoms with Gasteiger partial charge in [-0.05, 0) is 0 Å². The van der Waals surface area contributed by atoms with E-state index in [0.29, 0.717) is 19.7 Å². The molecule has 2 aliphatic heterocycles. The fraction of sp³-hybridized carbons (Fsp3) is 1.00. The SMILES string of the molecule is CN(C)S(=O)(=O)N1C[C@H]2CN(S(C)(=O)=O)CCO[C@H]2C1. The molecule has 0 radical (unpaired) electrons. The van der Waals surface area contributed by atoms with Crippen LogP contribution in [0.15, 0.2) is 0 Å². The second kappa shape index (κ2) is 5.50. The Morgan fingerprint density at radius 3 is 2.20 bits per heavy atom. The lowest BCUT2D eigenvalue weighted by Gasteiger charge is -2.22. The lowest BCUT2D eigenvalue weighted by atomic mass is 10.1. The maximum atomic E-state index is 12.1. The maximum absolute atomic E-state index is 12.1. The van der Waals surface area contributed by atoms with Crippen LogP contribution in [0, 0.1) is 5.92 Å². The first kappa shape index (κ1) is 16.1. The largest absolute Gasteiger partial charge is 0.375 e. The van der Waals surface area contributed by atoms with Gasteiger partial charge in [-0.3, -0.25) is 0 Å². The van der Waals surface area contributed by atoms with Crippen LogP contribution in [0.25, 0.3) is 0 Å². The molecule has 0 amide bonds. The molecule has 0 unspecified atom stereocenters. The normalized spacial score (nSPS) is 30.4. The number of hydrogen-bond donors (Lipinski definition) is 0. The van der Waals surface area contributed by atoms with Crippen molar-refractivity contribution in [2.24, 2.45) is 5.92 Å². The lowest BCUT2D eigenvalue weighted by Crippen LogP contribution is -2.40. The van der Waals surface area contributed by atoms with Crippen molar-refractivity contribution in [3.05, 3.63) is 0 Å². The molecule has 0 saturated carbocycles. The molecule has 0 N–H and O–H groups in total. The minimum Gasteiger partial charge on any atom is -0.375 e. The molecule has 0 aliphatic carbocycles. The van der Waals surface area contributed by atoms with Crippen LogP contribution in [-0.2, 0) is 25.0 Å². The van der Waals surface area contributed by atoms with Gasteiger partial charge in [0.15, 0.2) is 0 Å². The Morgan fingerprint density at radius 2 is 1.65 bits per heavy atom. The molecule has 20 heavy (non-hydrogen) atoms. The van der Waals surface area contributed by atoms with Crippen molar-refractivity contribution in [2.75, 3.05) is 53.1 Å². The van der Waals surface area contributed by atoms with Crippen molar-refractivity contribution in [3.63, 3.8) is 0 Å². The van der Waals surface area contributed by atoms with E-state index in [9.17, 15) is 16.8 Å². The number of hydrogen-bond acceptors (Lipinski definition) is 5. The van der Waals surface area contributed by atoms with E-state index in [2.05, 4.69) is 0 Å².